The summed E-state index contributed by atoms with van der Waals surface area (Å²) in [7, 11) is 1.52. The molecule has 2 aromatic rings. The molecule has 13 heteroatoms. The number of ether oxygens (including phenoxy) is 1. The standard InChI is InChI=1S/C13H17N3O2.C7H7NO3.C6H14N2.2CH3I.CH4/c17-16(18)13-3-1-11(2-4-13)9-15-10-12-5-7-14-8-6-12;1-11-7-4-2-6(3-5-7)8(9)10;7-5-6-1-3-8-4-2-6;2*1-2;/h1-4,9,12,14H,5-8,10H2;2-5H,1H3;6,8H,1-5,7H2;2*1H3;1H4. The number of nitrogens with two attached hydrogens (primary N) is 1. The Labute approximate surface area is 278 Å². The molecule has 4 N–H and O–H groups in total. The van der Waals surface area contributed by atoms with E-state index in [4.69, 9.17) is 10.5 Å². The van der Waals surface area contributed by atoms with Crippen LogP contribution in [0.1, 0.15) is 38.7 Å². The first-order valence-electron chi connectivity index (χ1n) is 13.3. The van der Waals surface area contributed by atoms with Crippen LogP contribution in [0.3, 0.4) is 0 Å². The first kappa shape index (κ1) is 42.2. The molecule has 0 bridgehead atoms. The molecule has 2 heterocycles. The lowest BCUT2D eigenvalue weighted by Gasteiger charge is -2.20. The number of methoxy groups -OCH3 is 1. The van der Waals surface area contributed by atoms with E-state index >= 15 is 0 Å². The number of hydrogen-bond donors (Lipinski definition) is 3. The quantitative estimate of drug-likeness (QED) is 0.0967. The van der Waals surface area contributed by atoms with Gasteiger partial charge in [0.2, 0.25) is 0 Å². The highest BCUT2D eigenvalue weighted by molar-refractivity contribution is 14.1. The van der Waals surface area contributed by atoms with Gasteiger partial charge >= 0.3 is 0 Å². The van der Waals surface area contributed by atoms with Gasteiger partial charge in [0.25, 0.3) is 11.4 Å². The van der Waals surface area contributed by atoms with E-state index in [1.165, 1.54) is 70.1 Å². The summed E-state index contributed by atoms with van der Waals surface area (Å²) in [5.41, 5.74) is 6.58. The van der Waals surface area contributed by atoms with Crippen molar-refractivity contribution in [2.75, 3.05) is 56.2 Å². The monoisotopic (exact) mass is 814 g/mol. The minimum absolute atomic E-state index is 0. The number of nitro benzene ring substituents is 2. The number of rotatable bonds is 7. The molecule has 42 heavy (non-hydrogen) atoms. The van der Waals surface area contributed by atoms with Gasteiger partial charge in [0.05, 0.1) is 17.0 Å². The summed E-state index contributed by atoms with van der Waals surface area (Å²) in [5, 5.41) is 27.3. The second kappa shape index (κ2) is 27.9. The van der Waals surface area contributed by atoms with E-state index in [1.54, 1.807) is 30.5 Å². The highest BCUT2D eigenvalue weighted by Gasteiger charge is 2.11. The second-order valence-corrected chi connectivity index (χ2v) is 8.92. The maximum atomic E-state index is 10.5. The number of halogens is 2. The lowest BCUT2D eigenvalue weighted by atomic mass is 9.98. The number of alkyl halides is 2. The van der Waals surface area contributed by atoms with E-state index in [-0.39, 0.29) is 18.8 Å². The van der Waals surface area contributed by atoms with Crippen LogP contribution < -0.4 is 21.1 Å². The van der Waals surface area contributed by atoms with Crippen molar-refractivity contribution >= 4 is 62.8 Å². The number of nitrogens with one attached hydrogen (secondary N) is 2. The van der Waals surface area contributed by atoms with Gasteiger partial charge in [-0.1, -0.05) is 52.6 Å². The average molecular weight is 815 g/mol. The molecule has 11 nitrogen and oxygen atoms in total. The zero-order chi connectivity index (χ0) is 30.9. The molecule has 2 saturated heterocycles. The zero-order valence-corrected chi connectivity index (χ0v) is 28.5. The molecule has 2 aromatic carbocycles. The van der Waals surface area contributed by atoms with Crippen LogP contribution in [0.2, 0.25) is 0 Å². The van der Waals surface area contributed by atoms with Gasteiger partial charge in [-0.2, -0.15) is 0 Å². The van der Waals surface area contributed by atoms with Crippen LogP contribution in [0.25, 0.3) is 0 Å². The molecular weight excluding hydrogens is 766 g/mol. The van der Waals surface area contributed by atoms with Gasteiger partial charge in [0.15, 0.2) is 0 Å². The van der Waals surface area contributed by atoms with Crippen molar-refractivity contribution < 1.29 is 14.6 Å². The largest absolute Gasteiger partial charge is 0.497 e. The number of aliphatic imine (C=N–C) groups is 1. The zero-order valence-electron chi connectivity index (χ0n) is 24.1. The Kier molecular flexibility index (Phi) is 28.0. The Morgan fingerprint density at radius 2 is 1.24 bits per heavy atom. The number of nitrogens with zero attached hydrogens (tertiary/aromatic N) is 3. The molecule has 2 aliphatic heterocycles. The molecule has 0 saturated carbocycles. The topological polar surface area (TPSA) is 158 Å². The van der Waals surface area contributed by atoms with Gasteiger partial charge in [-0.15, -0.1) is 0 Å². The summed E-state index contributed by atoms with van der Waals surface area (Å²) >= 11 is 4.30. The van der Waals surface area contributed by atoms with Gasteiger partial charge < -0.3 is 21.1 Å². The summed E-state index contributed by atoms with van der Waals surface area (Å²) in [6, 6.07) is 12.4. The Hall–Kier alpha value is -1.95. The molecule has 0 aromatic heterocycles. The van der Waals surface area contributed by atoms with Crippen LogP contribution in [0.5, 0.6) is 5.75 Å². The van der Waals surface area contributed by atoms with Gasteiger partial charge in [-0.05, 0) is 110 Å². The number of nitro groups is 2. The molecular formula is C29H48I2N6O5. The van der Waals surface area contributed by atoms with Crippen LogP contribution in [-0.4, -0.2) is 72.3 Å². The molecule has 2 aliphatic rings. The van der Waals surface area contributed by atoms with Crippen LogP contribution in [0, 0.1) is 32.1 Å². The third-order valence-electron chi connectivity index (χ3n) is 6.24. The number of benzene rings is 2. The van der Waals surface area contributed by atoms with Crippen molar-refractivity contribution in [3.05, 3.63) is 74.3 Å². The fourth-order valence-electron chi connectivity index (χ4n) is 3.87. The van der Waals surface area contributed by atoms with Crippen LogP contribution in [-0.2, 0) is 0 Å². The summed E-state index contributed by atoms with van der Waals surface area (Å²) in [4.78, 5) is 28.2. The first-order valence-corrected chi connectivity index (χ1v) is 17.6. The highest BCUT2D eigenvalue weighted by Crippen LogP contribution is 2.16. The summed E-state index contributed by atoms with van der Waals surface area (Å²) < 4.78 is 4.83. The summed E-state index contributed by atoms with van der Waals surface area (Å²) in [6.45, 7) is 6.22. The minimum atomic E-state index is -0.445. The van der Waals surface area contributed by atoms with E-state index < -0.39 is 9.85 Å². The van der Waals surface area contributed by atoms with Crippen molar-refractivity contribution in [3.63, 3.8) is 0 Å². The average Bonchev–Trinajstić information content (AvgIpc) is 3.05. The second-order valence-electron chi connectivity index (χ2n) is 8.92. The maximum Gasteiger partial charge on any atom is 0.269 e. The lowest BCUT2D eigenvalue weighted by Crippen LogP contribution is -2.31. The molecule has 0 amide bonds. The fourth-order valence-corrected chi connectivity index (χ4v) is 3.87. The molecule has 4 rings (SSSR count). The van der Waals surface area contributed by atoms with Crippen LogP contribution in [0.4, 0.5) is 11.4 Å². The highest BCUT2D eigenvalue weighted by atomic mass is 127. The van der Waals surface area contributed by atoms with Crippen LogP contribution >= 0.6 is 45.2 Å². The number of hydrogen-bond acceptors (Lipinski definition) is 9. The maximum absolute atomic E-state index is 10.5. The van der Waals surface area contributed by atoms with Crippen molar-refractivity contribution in [2.24, 2.45) is 22.6 Å². The molecule has 0 atom stereocenters. The van der Waals surface area contributed by atoms with Crippen molar-refractivity contribution in [3.8, 4) is 5.75 Å². The SMILES string of the molecule is C.CI.CI.COc1ccc([N+](=O)[O-])cc1.NCC1CCNCC1.O=[N+]([O-])c1ccc(C=NCC2CCNCC2)cc1. The fraction of sp³-hybridized carbons (Fsp3) is 0.552. The van der Waals surface area contributed by atoms with Gasteiger partial charge in [-0.25, -0.2) is 0 Å². The summed E-state index contributed by atoms with van der Waals surface area (Å²) in [5.74, 6) is 2.09. The van der Waals surface area contributed by atoms with E-state index in [9.17, 15) is 20.2 Å². The molecule has 0 unspecified atom stereocenters. The smallest absolute Gasteiger partial charge is 0.269 e. The predicted octanol–water partition coefficient (Wildman–Crippen LogP) is 6.30. The third-order valence-corrected chi connectivity index (χ3v) is 6.24. The van der Waals surface area contributed by atoms with Crippen molar-refractivity contribution in [2.45, 2.75) is 33.1 Å². The Morgan fingerprint density at radius 3 is 1.60 bits per heavy atom. The molecule has 2 fully saturated rings. The van der Waals surface area contributed by atoms with E-state index in [1.807, 2.05) is 9.86 Å². The molecule has 0 radical (unpaired) electrons. The summed E-state index contributed by atoms with van der Waals surface area (Å²) in [6.07, 6.45) is 6.70. The third kappa shape index (κ3) is 19.3. The van der Waals surface area contributed by atoms with E-state index in [0.29, 0.717) is 11.7 Å². The van der Waals surface area contributed by atoms with Gasteiger partial charge in [-0.3, -0.25) is 25.2 Å². The van der Waals surface area contributed by atoms with Crippen LogP contribution in [0.15, 0.2) is 53.5 Å². The van der Waals surface area contributed by atoms with Crippen molar-refractivity contribution in [1.29, 1.82) is 0 Å². The normalized spacial score (nSPS) is 14.5. The van der Waals surface area contributed by atoms with E-state index in [2.05, 4.69) is 60.8 Å². The first-order chi connectivity index (χ1) is 19.9. The van der Waals surface area contributed by atoms with Crippen molar-refractivity contribution in [1.82, 2.24) is 10.6 Å². The Bertz CT molecular complexity index is 969. The molecule has 0 aliphatic carbocycles. The number of piperidine rings is 2. The van der Waals surface area contributed by atoms with Gasteiger partial charge in [0.1, 0.15) is 5.75 Å². The predicted molar refractivity (Wildman–Crippen MR) is 192 cm³/mol. The lowest BCUT2D eigenvalue weighted by molar-refractivity contribution is -0.385. The van der Waals surface area contributed by atoms with E-state index in [0.717, 1.165) is 37.7 Å². The van der Waals surface area contributed by atoms with Gasteiger partial charge in [0, 0.05) is 37.0 Å². The minimum Gasteiger partial charge on any atom is -0.497 e. The Balaban J connectivity index is 0. The Morgan fingerprint density at radius 1 is 0.833 bits per heavy atom. The number of non-ortho nitro benzene ring substituents is 2. The molecule has 238 valence electrons. The molecule has 0 spiro atoms.